The van der Waals surface area contributed by atoms with Crippen LogP contribution in [0.5, 0.6) is 5.75 Å². The number of hydrogen-bond donors (Lipinski definition) is 0. The Balaban J connectivity index is 2.66. The van der Waals surface area contributed by atoms with E-state index in [2.05, 4.69) is 0 Å². The van der Waals surface area contributed by atoms with Crippen LogP contribution in [0.3, 0.4) is 0 Å². The number of nitrogens with zero attached hydrogens (tertiary/aromatic N) is 1. The van der Waals surface area contributed by atoms with Crippen molar-refractivity contribution in [1.29, 1.82) is 5.26 Å². The van der Waals surface area contributed by atoms with Gasteiger partial charge in [0.05, 0.1) is 29.9 Å². The SMILES string of the molecule is COc1c(C=O)cccc1-c1ccc(C(F)(F)F)c(C#N)c1. The normalized spacial score (nSPS) is 10.9. The molecule has 2 aromatic rings. The quantitative estimate of drug-likeness (QED) is 0.803. The average Bonchev–Trinajstić information content (AvgIpc) is 2.52. The number of para-hydroxylation sites is 1. The van der Waals surface area contributed by atoms with Gasteiger partial charge in [-0.2, -0.15) is 18.4 Å². The Morgan fingerprint density at radius 2 is 1.95 bits per heavy atom. The van der Waals surface area contributed by atoms with Crippen molar-refractivity contribution >= 4 is 6.29 Å². The van der Waals surface area contributed by atoms with E-state index in [-0.39, 0.29) is 11.3 Å². The first kappa shape index (κ1) is 15.6. The van der Waals surface area contributed by atoms with E-state index in [1.54, 1.807) is 18.2 Å². The fourth-order valence-electron chi connectivity index (χ4n) is 2.15. The number of aldehydes is 1. The van der Waals surface area contributed by atoms with E-state index in [1.165, 1.54) is 19.2 Å². The zero-order chi connectivity index (χ0) is 16.3. The third-order valence-electron chi connectivity index (χ3n) is 3.13. The van der Waals surface area contributed by atoms with Crippen molar-refractivity contribution in [2.45, 2.75) is 6.18 Å². The summed E-state index contributed by atoms with van der Waals surface area (Å²) in [5.41, 5.74) is -0.395. The second-order valence-corrected chi connectivity index (χ2v) is 4.42. The highest BCUT2D eigenvalue weighted by molar-refractivity contribution is 5.86. The Morgan fingerprint density at radius 1 is 1.23 bits per heavy atom. The molecule has 6 heteroatoms. The zero-order valence-corrected chi connectivity index (χ0v) is 11.4. The van der Waals surface area contributed by atoms with Gasteiger partial charge < -0.3 is 4.74 Å². The molecule has 0 aliphatic rings. The number of benzene rings is 2. The maximum absolute atomic E-state index is 12.8. The summed E-state index contributed by atoms with van der Waals surface area (Å²) >= 11 is 0. The monoisotopic (exact) mass is 305 g/mol. The summed E-state index contributed by atoms with van der Waals surface area (Å²) in [6, 6.07) is 9.50. The summed E-state index contributed by atoms with van der Waals surface area (Å²) < 4.78 is 43.6. The van der Waals surface area contributed by atoms with Gasteiger partial charge in [0.2, 0.25) is 0 Å². The van der Waals surface area contributed by atoms with Crippen molar-refractivity contribution in [2.24, 2.45) is 0 Å². The summed E-state index contributed by atoms with van der Waals surface area (Å²) in [5.74, 6) is 0.251. The van der Waals surface area contributed by atoms with E-state index in [4.69, 9.17) is 10.00 Å². The smallest absolute Gasteiger partial charge is 0.417 e. The second-order valence-electron chi connectivity index (χ2n) is 4.42. The molecule has 0 atom stereocenters. The van der Waals surface area contributed by atoms with E-state index >= 15 is 0 Å². The van der Waals surface area contributed by atoms with Crippen LogP contribution < -0.4 is 4.74 Å². The molecule has 0 aliphatic heterocycles. The van der Waals surface area contributed by atoms with E-state index < -0.39 is 17.3 Å². The van der Waals surface area contributed by atoms with Gasteiger partial charge in [0.25, 0.3) is 0 Å². The fourth-order valence-corrected chi connectivity index (χ4v) is 2.15. The molecular formula is C16H10F3NO2. The summed E-state index contributed by atoms with van der Waals surface area (Å²) in [6.45, 7) is 0. The number of halogens is 3. The van der Waals surface area contributed by atoms with Crippen LogP contribution >= 0.6 is 0 Å². The molecule has 2 rings (SSSR count). The van der Waals surface area contributed by atoms with Crippen molar-refractivity contribution in [1.82, 2.24) is 0 Å². The first-order valence-electron chi connectivity index (χ1n) is 6.16. The van der Waals surface area contributed by atoms with Crippen molar-refractivity contribution in [2.75, 3.05) is 7.11 Å². The van der Waals surface area contributed by atoms with Gasteiger partial charge in [0.1, 0.15) is 5.75 Å². The van der Waals surface area contributed by atoms with Gasteiger partial charge in [0.15, 0.2) is 6.29 Å². The van der Waals surface area contributed by atoms with Gasteiger partial charge >= 0.3 is 6.18 Å². The minimum absolute atomic E-state index is 0.251. The number of rotatable bonds is 3. The van der Waals surface area contributed by atoms with E-state index in [0.29, 0.717) is 17.4 Å². The first-order chi connectivity index (χ1) is 10.4. The molecule has 3 nitrogen and oxygen atoms in total. The Morgan fingerprint density at radius 3 is 2.50 bits per heavy atom. The van der Waals surface area contributed by atoms with Gasteiger partial charge in [-0.05, 0) is 23.8 Å². The molecule has 112 valence electrons. The van der Waals surface area contributed by atoms with Gasteiger partial charge in [-0.15, -0.1) is 0 Å². The maximum atomic E-state index is 12.8. The summed E-state index contributed by atoms with van der Waals surface area (Å²) in [7, 11) is 1.36. The topological polar surface area (TPSA) is 50.1 Å². The fraction of sp³-hybridized carbons (Fsp3) is 0.125. The Hall–Kier alpha value is -2.81. The number of hydrogen-bond acceptors (Lipinski definition) is 3. The molecule has 0 unspecified atom stereocenters. The largest absolute Gasteiger partial charge is 0.495 e. The Bertz CT molecular complexity index is 761. The van der Waals surface area contributed by atoms with Gasteiger partial charge in [-0.3, -0.25) is 4.79 Å². The van der Waals surface area contributed by atoms with Crippen LogP contribution in [0.1, 0.15) is 21.5 Å². The molecule has 0 bridgehead atoms. The first-order valence-corrected chi connectivity index (χ1v) is 6.16. The van der Waals surface area contributed by atoms with E-state index in [9.17, 15) is 18.0 Å². The molecule has 0 fully saturated rings. The molecule has 0 amide bonds. The standard InChI is InChI=1S/C16H10F3NO2/c1-22-15-11(9-21)3-2-4-13(15)10-5-6-14(16(17,18)19)12(7-10)8-20/h2-7,9H,1H3. The molecule has 0 radical (unpaired) electrons. The highest BCUT2D eigenvalue weighted by atomic mass is 19.4. The van der Waals surface area contributed by atoms with Crippen LogP contribution in [0.2, 0.25) is 0 Å². The van der Waals surface area contributed by atoms with Crippen LogP contribution in [-0.2, 0) is 6.18 Å². The van der Waals surface area contributed by atoms with E-state index in [1.807, 2.05) is 0 Å². The number of methoxy groups -OCH3 is 1. The third-order valence-corrected chi connectivity index (χ3v) is 3.13. The number of carbonyl (C=O) groups is 1. The average molecular weight is 305 g/mol. The zero-order valence-electron chi connectivity index (χ0n) is 11.4. The predicted molar refractivity (Wildman–Crippen MR) is 73.5 cm³/mol. The molecule has 2 aromatic carbocycles. The number of nitriles is 1. The molecule has 0 saturated heterocycles. The molecule has 0 spiro atoms. The molecule has 0 N–H and O–H groups in total. The molecule has 0 saturated carbocycles. The molecular weight excluding hydrogens is 295 g/mol. The van der Waals surface area contributed by atoms with Gasteiger partial charge in [-0.25, -0.2) is 0 Å². The van der Waals surface area contributed by atoms with Crippen molar-refractivity contribution in [3.05, 3.63) is 53.1 Å². The highest BCUT2D eigenvalue weighted by Gasteiger charge is 2.33. The number of alkyl halides is 3. The van der Waals surface area contributed by atoms with Crippen LogP contribution in [0.4, 0.5) is 13.2 Å². The summed E-state index contributed by atoms with van der Waals surface area (Å²) in [4.78, 5) is 11.0. The van der Waals surface area contributed by atoms with Crippen LogP contribution in [0.25, 0.3) is 11.1 Å². The Kier molecular flexibility index (Phi) is 4.18. The number of carbonyl (C=O) groups excluding carboxylic acids is 1. The lowest BCUT2D eigenvalue weighted by Crippen LogP contribution is -2.07. The van der Waals surface area contributed by atoms with Crippen LogP contribution in [-0.4, -0.2) is 13.4 Å². The third kappa shape index (κ3) is 2.79. The van der Waals surface area contributed by atoms with Crippen molar-refractivity contribution < 1.29 is 22.7 Å². The minimum Gasteiger partial charge on any atom is -0.495 e. The van der Waals surface area contributed by atoms with Crippen molar-refractivity contribution in [3.63, 3.8) is 0 Å². The highest BCUT2D eigenvalue weighted by Crippen LogP contribution is 2.37. The molecule has 0 aromatic heterocycles. The second kappa shape index (κ2) is 5.90. The lowest BCUT2D eigenvalue weighted by atomic mass is 9.97. The van der Waals surface area contributed by atoms with Gasteiger partial charge in [-0.1, -0.05) is 18.2 Å². The summed E-state index contributed by atoms with van der Waals surface area (Å²) in [6.07, 6.45) is -4.00. The Labute approximate surface area is 124 Å². The lowest BCUT2D eigenvalue weighted by molar-refractivity contribution is -0.137. The maximum Gasteiger partial charge on any atom is 0.417 e. The van der Waals surface area contributed by atoms with Crippen molar-refractivity contribution in [3.8, 4) is 22.9 Å². The predicted octanol–water partition coefficient (Wildman–Crippen LogP) is 4.07. The van der Waals surface area contributed by atoms with Crippen LogP contribution in [0.15, 0.2) is 36.4 Å². The number of ether oxygens (including phenoxy) is 1. The lowest BCUT2D eigenvalue weighted by Gasteiger charge is -2.13. The van der Waals surface area contributed by atoms with Gasteiger partial charge in [0, 0.05) is 5.56 Å². The molecule has 0 aliphatic carbocycles. The van der Waals surface area contributed by atoms with E-state index in [0.717, 1.165) is 12.1 Å². The molecule has 22 heavy (non-hydrogen) atoms. The molecule has 0 heterocycles. The summed E-state index contributed by atoms with van der Waals surface area (Å²) in [5, 5.41) is 8.94. The minimum atomic E-state index is -4.60. The van der Waals surface area contributed by atoms with Crippen LogP contribution in [0, 0.1) is 11.3 Å².